The van der Waals surface area contributed by atoms with Crippen molar-refractivity contribution in [2.75, 3.05) is 19.8 Å². The maximum Gasteiger partial charge on any atom is 0.250 e. The first-order valence-corrected chi connectivity index (χ1v) is 6.87. The molecule has 108 valence electrons. The van der Waals surface area contributed by atoms with Crippen LogP contribution in [0.5, 0.6) is 0 Å². The van der Waals surface area contributed by atoms with Crippen molar-refractivity contribution in [1.29, 1.82) is 0 Å². The van der Waals surface area contributed by atoms with Crippen LogP contribution < -0.4 is 5.73 Å². The first-order chi connectivity index (χ1) is 10.2. The summed E-state index contributed by atoms with van der Waals surface area (Å²) >= 11 is 0. The number of rotatable bonds is 1. The summed E-state index contributed by atoms with van der Waals surface area (Å²) in [6.45, 7) is 2.13. The van der Waals surface area contributed by atoms with Gasteiger partial charge in [0.05, 0.1) is 24.2 Å². The molecule has 2 atom stereocenters. The Morgan fingerprint density at radius 2 is 2.19 bits per heavy atom. The van der Waals surface area contributed by atoms with Crippen LogP contribution in [0.1, 0.15) is 0 Å². The van der Waals surface area contributed by atoms with E-state index in [1.54, 1.807) is 18.5 Å². The maximum absolute atomic E-state index is 11.5. The molecular formula is C15H16N4O2. The summed E-state index contributed by atoms with van der Waals surface area (Å²) in [5.74, 6) is -0.426. The molecule has 4 rings (SSSR count). The van der Waals surface area contributed by atoms with E-state index in [-0.39, 0.29) is 5.54 Å². The molecule has 0 saturated heterocycles. The van der Waals surface area contributed by atoms with Crippen molar-refractivity contribution in [3.63, 3.8) is 0 Å². The Bertz CT molecular complexity index is 646. The largest absolute Gasteiger partial charge is 0.499 e. The Morgan fingerprint density at radius 3 is 2.95 bits per heavy atom. The van der Waals surface area contributed by atoms with Gasteiger partial charge in [0.25, 0.3) is 0 Å². The average Bonchev–Trinajstić information content (AvgIpc) is 2.90. The Kier molecular flexibility index (Phi) is 2.49. The highest BCUT2D eigenvalue weighted by Crippen LogP contribution is 2.35. The van der Waals surface area contributed by atoms with Crippen molar-refractivity contribution in [3.05, 3.63) is 60.3 Å². The molecule has 0 aliphatic carbocycles. The maximum atomic E-state index is 11.5. The lowest BCUT2D eigenvalue weighted by atomic mass is 10.0. The SMILES string of the molecule is NC(=O)C1=CN2C(=CN3CC=CC4(C=COC4)N2C3)C=C1. The minimum Gasteiger partial charge on any atom is -0.499 e. The van der Waals surface area contributed by atoms with Gasteiger partial charge in [0.1, 0.15) is 12.1 Å². The van der Waals surface area contributed by atoms with Crippen LogP contribution in [0, 0.1) is 0 Å². The van der Waals surface area contributed by atoms with Crippen LogP contribution >= 0.6 is 0 Å². The number of nitrogens with two attached hydrogens (primary N) is 1. The van der Waals surface area contributed by atoms with E-state index in [0.717, 1.165) is 18.9 Å². The average molecular weight is 284 g/mol. The van der Waals surface area contributed by atoms with Gasteiger partial charge < -0.3 is 15.4 Å². The molecule has 1 spiro atoms. The fourth-order valence-electron chi connectivity index (χ4n) is 3.01. The highest BCUT2D eigenvalue weighted by atomic mass is 16.5. The van der Waals surface area contributed by atoms with Crippen LogP contribution in [0.15, 0.2) is 60.3 Å². The molecule has 2 unspecified atom stereocenters. The Morgan fingerprint density at radius 1 is 1.29 bits per heavy atom. The van der Waals surface area contributed by atoms with Gasteiger partial charge in [0.2, 0.25) is 5.91 Å². The zero-order valence-electron chi connectivity index (χ0n) is 11.5. The fraction of sp³-hybridized carbons (Fsp3) is 0.267. The number of allylic oxidation sites excluding steroid dienone is 1. The van der Waals surface area contributed by atoms with Crippen molar-refractivity contribution >= 4 is 5.91 Å². The summed E-state index contributed by atoms with van der Waals surface area (Å²) in [4.78, 5) is 13.7. The number of ether oxygens (including phenoxy) is 1. The Balaban J connectivity index is 1.80. The minimum absolute atomic E-state index is 0.321. The lowest BCUT2D eigenvalue weighted by Gasteiger charge is -2.48. The second-order valence-electron chi connectivity index (χ2n) is 5.50. The van der Waals surface area contributed by atoms with Crippen LogP contribution in [0.4, 0.5) is 0 Å². The van der Waals surface area contributed by atoms with Crippen LogP contribution in [0.3, 0.4) is 0 Å². The third kappa shape index (κ3) is 1.80. The summed E-state index contributed by atoms with van der Waals surface area (Å²) in [6.07, 6.45) is 15.6. The number of amides is 1. The van der Waals surface area contributed by atoms with E-state index >= 15 is 0 Å². The van der Waals surface area contributed by atoms with E-state index in [1.807, 2.05) is 17.2 Å². The smallest absolute Gasteiger partial charge is 0.250 e. The summed E-state index contributed by atoms with van der Waals surface area (Å²) in [6, 6.07) is 0. The van der Waals surface area contributed by atoms with Crippen LogP contribution in [0.25, 0.3) is 0 Å². The predicted octanol–water partition coefficient (Wildman–Crippen LogP) is 0.411. The van der Waals surface area contributed by atoms with Gasteiger partial charge in [-0.2, -0.15) is 5.01 Å². The standard InChI is InChI=1S/C15H16N4O2/c16-14(20)12-2-3-13-9-17-6-1-4-15(5-7-21-10-15)19(11-17)18(13)8-12/h1-5,7-9H,6,10-11H2,(H2,16,20). The number of primary amides is 1. The van der Waals surface area contributed by atoms with Crippen molar-refractivity contribution < 1.29 is 9.53 Å². The molecule has 1 amide bonds. The van der Waals surface area contributed by atoms with Gasteiger partial charge >= 0.3 is 0 Å². The van der Waals surface area contributed by atoms with E-state index in [9.17, 15) is 4.79 Å². The zero-order chi connectivity index (χ0) is 14.4. The van der Waals surface area contributed by atoms with E-state index in [1.165, 1.54) is 0 Å². The van der Waals surface area contributed by atoms with Crippen LogP contribution in [-0.4, -0.2) is 46.2 Å². The number of fused-ring (bicyclic) bond motifs is 5. The third-order valence-electron chi connectivity index (χ3n) is 4.13. The zero-order valence-corrected chi connectivity index (χ0v) is 11.5. The Labute approximate surface area is 122 Å². The molecule has 0 saturated carbocycles. The molecule has 4 heterocycles. The number of carbonyl (C=O) groups excluding carboxylic acids is 1. The molecule has 0 aromatic rings. The van der Waals surface area contributed by atoms with Gasteiger partial charge in [-0.1, -0.05) is 12.2 Å². The normalized spacial score (nSPS) is 32.5. The summed E-state index contributed by atoms with van der Waals surface area (Å²) in [5.41, 5.74) is 6.59. The number of nitrogens with zero attached hydrogens (tertiary/aromatic N) is 3. The molecule has 0 aromatic carbocycles. The van der Waals surface area contributed by atoms with Crippen molar-refractivity contribution in [2.24, 2.45) is 5.73 Å². The van der Waals surface area contributed by atoms with Crippen molar-refractivity contribution in [3.8, 4) is 0 Å². The van der Waals surface area contributed by atoms with Gasteiger partial charge in [0.15, 0.2) is 0 Å². The molecule has 2 N–H and O–H groups in total. The molecule has 2 bridgehead atoms. The molecule has 4 aliphatic heterocycles. The highest BCUT2D eigenvalue weighted by Gasteiger charge is 2.43. The first kappa shape index (κ1) is 12.3. The van der Waals surface area contributed by atoms with Gasteiger partial charge in [-0.3, -0.25) is 9.80 Å². The predicted molar refractivity (Wildman–Crippen MR) is 76.7 cm³/mol. The van der Waals surface area contributed by atoms with Crippen LogP contribution in [0.2, 0.25) is 0 Å². The van der Waals surface area contributed by atoms with E-state index in [4.69, 9.17) is 10.5 Å². The topological polar surface area (TPSA) is 62.0 Å². The van der Waals surface area contributed by atoms with Gasteiger partial charge in [-0.05, 0) is 18.2 Å². The number of hydrazine groups is 1. The monoisotopic (exact) mass is 284 g/mol. The minimum atomic E-state index is -0.426. The quantitative estimate of drug-likeness (QED) is 0.707. The second kappa shape index (κ2) is 4.26. The fourth-order valence-corrected chi connectivity index (χ4v) is 3.01. The molecule has 0 radical (unpaired) electrons. The number of hydrogen-bond donors (Lipinski definition) is 1. The van der Waals surface area contributed by atoms with Gasteiger partial charge in [0, 0.05) is 18.9 Å². The van der Waals surface area contributed by atoms with E-state index in [0.29, 0.717) is 12.2 Å². The lowest BCUT2D eigenvalue weighted by molar-refractivity contribution is -0.114. The summed E-state index contributed by atoms with van der Waals surface area (Å²) in [5, 5.41) is 4.17. The van der Waals surface area contributed by atoms with E-state index in [2.05, 4.69) is 28.3 Å². The molecular weight excluding hydrogens is 268 g/mol. The lowest BCUT2D eigenvalue weighted by Crippen LogP contribution is -2.59. The number of carbonyl (C=O) groups is 1. The molecule has 4 aliphatic rings. The molecule has 6 nitrogen and oxygen atoms in total. The van der Waals surface area contributed by atoms with Gasteiger partial charge in [-0.25, -0.2) is 0 Å². The summed E-state index contributed by atoms with van der Waals surface area (Å²) < 4.78 is 5.47. The summed E-state index contributed by atoms with van der Waals surface area (Å²) in [7, 11) is 0. The van der Waals surface area contributed by atoms with Gasteiger partial charge in [-0.15, -0.1) is 0 Å². The Hall–Kier alpha value is -2.47. The molecule has 0 aromatic heterocycles. The molecule has 0 fully saturated rings. The first-order valence-electron chi connectivity index (χ1n) is 6.87. The molecule has 21 heavy (non-hydrogen) atoms. The van der Waals surface area contributed by atoms with Crippen LogP contribution in [-0.2, 0) is 9.53 Å². The third-order valence-corrected chi connectivity index (χ3v) is 4.13. The highest BCUT2D eigenvalue weighted by molar-refractivity contribution is 5.95. The van der Waals surface area contributed by atoms with Crippen molar-refractivity contribution in [2.45, 2.75) is 5.54 Å². The van der Waals surface area contributed by atoms with Crippen molar-refractivity contribution in [1.82, 2.24) is 14.9 Å². The number of hydrogen-bond acceptors (Lipinski definition) is 5. The van der Waals surface area contributed by atoms with E-state index < -0.39 is 5.91 Å². The second-order valence-corrected chi connectivity index (χ2v) is 5.50. The molecule has 6 heteroatoms.